The Morgan fingerprint density at radius 3 is 2.28 bits per heavy atom. The molecule has 0 spiro atoms. The number of carboxylic acid groups (broad SMARTS) is 1. The van der Waals surface area contributed by atoms with Gasteiger partial charge in [-0.3, -0.25) is 19.2 Å². The van der Waals surface area contributed by atoms with E-state index in [-0.39, 0.29) is 45.2 Å². The number of rotatable bonds is 5. The number of nitrogens with zero attached hydrogens (tertiary/aromatic N) is 2. The maximum atomic E-state index is 14.7. The number of amides is 4. The zero-order chi connectivity index (χ0) is 36.1. The van der Waals surface area contributed by atoms with Crippen LogP contribution in [0.4, 0.5) is 15.8 Å². The summed E-state index contributed by atoms with van der Waals surface area (Å²) < 4.78 is 20.2. The van der Waals surface area contributed by atoms with Crippen LogP contribution in [0, 0.1) is 34.9 Å². The minimum Gasteiger partial charge on any atom is -0.507 e. The highest BCUT2D eigenvalue weighted by molar-refractivity contribution is 9.13. The Morgan fingerprint density at radius 2 is 1.64 bits per heavy atom. The lowest BCUT2D eigenvalue weighted by Gasteiger charge is -2.49. The van der Waals surface area contributed by atoms with E-state index in [9.17, 15) is 43.7 Å². The van der Waals surface area contributed by atoms with E-state index in [0.29, 0.717) is 15.6 Å². The van der Waals surface area contributed by atoms with Gasteiger partial charge in [0.2, 0.25) is 23.6 Å². The van der Waals surface area contributed by atoms with Crippen molar-refractivity contribution in [3.63, 3.8) is 0 Å². The Kier molecular flexibility index (Phi) is 8.15. The summed E-state index contributed by atoms with van der Waals surface area (Å²) in [5, 5.41) is 30.2. The number of carboxylic acids is 1. The van der Waals surface area contributed by atoms with Gasteiger partial charge in [-0.25, -0.2) is 19.0 Å². The summed E-state index contributed by atoms with van der Waals surface area (Å²) in [6.45, 7) is 1.66. The molecule has 3 N–H and O–H groups in total. The monoisotopic (exact) mass is 830 g/mol. The van der Waals surface area contributed by atoms with Gasteiger partial charge < -0.3 is 20.1 Å². The first-order valence-corrected chi connectivity index (χ1v) is 17.3. The maximum absolute atomic E-state index is 14.7. The first-order valence-electron chi connectivity index (χ1n) is 15.4. The van der Waals surface area contributed by atoms with E-state index >= 15 is 0 Å². The quantitative estimate of drug-likeness (QED) is 0.191. The molecule has 3 aromatic rings. The molecule has 0 radical (unpaired) electrons. The average Bonchev–Trinajstić information content (AvgIpc) is 3.44. The average molecular weight is 833 g/mol. The molecule has 3 aromatic carbocycles. The predicted molar refractivity (Wildman–Crippen MR) is 184 cm³/mol. The number of benzene rings is 3. The summed E-state index contributed by atoms with van der Waals surface area (Å²) in [4.78, 5) is 70.7. The number of hydrogen-bond acceptors (Lipinski definition) is 8. The molecule has 1 saturated carbocycles. The van der Waals surface area contributed by atoms with E-state index in [0.717, 1.165) is 28.0 Å². The topological polar surface area (TPSA) is 162 Å². The van der Waals surface area contributed by atoms with Gasteiger partial charge >= 0.3 is 5.97 Å². The number of carbonyl (C=O) groups is 5. The van der Waals surface area contributed by atoms with Crippen LogP contribution in [-0.4, -0.2) is 52.0 Å². The number of phenols is 2. The highest BCUT2D eigenvalue weighted by atomic mass is 79.9. The number of hydrogen-bond donors (Lipinski definition) is 3. The molecule has 15 heteroatoms. The molecule has 258 valence electrons. The second-order valence-electron chi connectivity index (χ2n) is 12.9. The van der Waals surface area contributed by atoms with Crippen molar-refractivity contribution in [2.75, 3.05) is 16.9 Å². The molecular formula is C35H26Br2ClFN2O9. The van der Waals surface area contributed by atoms with Gasteiger partial charge in [0.1, 0.15) is 17.1 Å². The molecule has 11 nitrogen and oxygen atoms in total. The lowest BCUT2D eigenvalue weighted by Crippen LogP contribution is -2.49. The molecule has 7 rings (SSSR count). The fourth-order valence-electron chi connectivity index (χ4n) is 8.30. The smallest absolute Gasteiger partial charge is 0.339 e. The number of carbonyl (C=O) groups excluding carboxylic acids is 4. The highest BCUT2D eigenvalue weighted by Crippen LogP contribution is 2.65. The molecule has 6 atom stereocenters. The van der Waals surface area contributed by atoms with Gasteiger partial charge in [0.05, 0.1) is 51.1 Å². The fourth-order valence-corrected chi connectivity index (χ4v) is 9.43. The van der Waals surface area contributed by atoms with Crippen LogP contribution < -0.4 is 14.5 Å². The second kappa shape index (κ2) is 11.9. The van der Waals surface area contributed by atoms with E-state index in [4.69, 9.17) is 16.3 Å². The predicted octanol–water partition coefficient (Wildman–Crippen LogP) is 6.56. The molecule has 50 heavy (non-hydrogen) atoms. The van der Waals surface area contributed by atoms with Crippen LogP contribution in [0.3, 0.4) is 0 Å². The van der Waals surface area contributed by atoms with Crippen LogP contribution in [-0.2, 0) is 19.2 Å². The van der Waals surface area contributed by atoms with E-state index in [2.05, 4.69) is 31.9 Å². The van der Waals surface area contributed by atoms with Gasteiger partial charge in [-0.15, -0.1) is 0 Å². The van der Waals surface area contributed by atoms with Crippen molar-refractivity contribution in [1.82, 2.24) is 0 Å². The van der Waals surface area contributed by atoms with Crippen LogP contribution >= 0.6 is 43.5 Å². The number of ether oxygens (including phenoxy) is 1. The van der Waals surface area contributed by atoms with Gasteiger partial charge in [0.25, 0.3) is 0 Å². The number of imide groups is 2. The van der Waals surface area contributed by atoms with Gasteiger partial charge in [-0.2, -0.15) is 0 Å². The van der Waals surface area contributed by atoms with Crippen LogP contribution in [0.2, 0.25) is 5.02 Å². The largest absolute Gasteiger partial charge is 0.507 e. The molecule has 6 unspecified atom stereocenters. The first-order chi connectivity index (χ1) is 23.6. The van der Waals surface area contributed by atoms with Gasteiger partial charge in [-0.1, -0.05) is 23.3 Å². The van der Waals surface area contributed by atoms with E-state index in [1.807, 2.05) is 6.08 Å². The third-order valence-electron chi connectivity index (χ3n) is 10.6. The Hall–Kier alpha value is -4.27. The molecule has 2 aliphatic carbocycles. The Morgan fingerprint density at radius 1 is 0.960 bits per heavy atom. The Bertz CT molecular complexity index is 2130. The molecule has 3 fully saturated rings. The number of halogens is 4. The molecule has 0 aromatic heterocycles. The minimum atomic E-state index is -1.47. The van der Waals surface area contributed by atoms with Crippen molar-refractivity contribution in [3.05, 3.63) is 85.0 Å². The summed E-state index contributed by atoms with van der Waals surface area (Å²) in [7, 11) is 1.36. The third-order valence-corrected chi connectivity index (χ3v) is 13.1. The van der Waals surface area contributed by atoms with Crippen molar-refractivity contribution >= 4 is 84.4 Å². The van der Waals surface area contributed by atoms with E-state index in [1.54, 1.807) is 13.0 Å². The van der Waals surface area contributed by atoms with E-state index < -0.39 is 81.7 Å². The van der Waals surface area contributed by atoms with Gasteiger partial charge in [0.15, 0.2) is 11.5 Å². The second-order valence-corrected chi connectivity index (χ2v) is 14.9. The molecule has 2 heterocycles. The third kappa shape index (κ3) is 4.67. The van der Waals surface area contributed by atoms with Crippen LogP contribution in [0.5, 0.6) is 17.2 Å². The SMILES string of the molecule is COc1cc(C2C3=CCC4C(=O)N(c5ccc(C(=O)O)c(O)c5)C(=O)C4C3CC3C(=O)N(c4ccc(F)c(Cl)c4)C(=O)C32C)c(Br)c(Br)c1O. The van der Waals surface area contributed by atoms with Crippen LogP contribution in [0.15, 0.2) is 63.1 Å². The number of methoxy groups -OCH3 is 1. The van der Waals surface area contributed by atoms with Crippen molar-refractivity contribution < 1.29 is 48.4 Å². The first kappa shape index (κ1) is 34.2. The van der Waals surface area contributed by atoms with Crippen molar-refractivity contribution in [1.29, 1.82) is 0 Å². The summed E-state index contributed by atoms with van der Waals surface area (Å²) in [6.07, 6.45) is 1.95. The molecule has 0 bridgehead atoms. The zero-order valence-electron chi connectivity index (χ0n) is 26.1. The number of fused-ring (bicyclic) bond motifs is 4. The van der Waals surface area contributed by atoms with Gasteiger partial charge in [-0.05, 0) is 99.5 Å². The van der Waals surface area contributed by atoms with Crippen molar-refractivity contribution in [2.45, 2.75) is 25.7 Å². The van der Waals surface area contributed by atoms with Crippen LogP contribution in [0.25, 0.3) is 0 Å². The number of anilines is 2. The van der Waals surface area contributed by atoms with Gasteiger partial charge in [0, 0.05) is 16.5 Å². The normalized spacial score (nSPS) is 27.2. The summed E-state index contributed by atoms with van der Waals surface area (Å²) >= 11 is 13.0. The minimum absolute atomic E-state index is 0.00271. The summed E-state index contributed by atoms with van der Waals surface area (Å²) in [5.41, 5.74) is -0.699. The fraction of sp³-hybridized carbons (Fsp3) is 0.286. The lowest BCUT2D eigenvalue weighted by molar-refractivity contribution is -0.131. The Labute approximate surface area is 305 Å². The zero-order valence-corrected chi connectivity index (χ0v) is 30.0. The molecule has 4 amide bonds. The lowest BCUT2D eigenvalue weighted by atomic mass is 9.51. The molecule has 2 saturated heterocycles. The Balaban J connectivity index is 1.39. The number of aromatic carboxylic acids is 1. The van der Waals surface area contributed by atoms with Crippen molar-refractivity contribution in [2.24, 2.45) is 29.1 Å². The summed E-state index contributed by atoms with van der Waals surface area (Å²) in [5.74, 6) is -9.62. The number of allylic oxidation sites excluding steroid dienone is 2. The van der Waals surface area contributed by atoms with Crippen LogP contribution in [0.1, 0.15) is 41.6 Å². The van der Waals surface area contributed by atoms with E-state index in [1.165, 1.54) is 25.3 Å². The highest BCUT2D eigenvalue weighted by Gasteiger charge is 2.68. The molecule has 2 aliphatic heterocycles. The molecule has 4 aliphatic rings. The summed E-state index contributed by atoms with van der Waals surface area (Å²) in [6, 6.07) is 8.53. The van der Waals surface area contributed by atoms with Crippen molar-refractivity contribution in [3.8, 4) is 17.2 Å². The maximum Gasteiger partial charge on any atom is 0.339 e. The number of aromatic hydroxyl groups is 2. The molecular weight excluding hydrogens is 807 g/mol. The number of phenolic OH excluding ortho intramolecular Hbond substituents is 1. The standard InChI is InChI=1S/C35H26Br2ClFN2O9/c1-35-20(31(45)41(34(35)49)13-4-8-22(39)21(38)9-13)11-18-15(26(35)19-12-24(50-2)29(43)28(37)27(19)36)6-7-17-25(18)32(46)40(30(17)44)14-3-5-16(33(47)48)23(42)10-14/h3-6,8-10,12,17-18,20,25-26,42-43H,7,11H2,1-2H3,(H,47,48).